The molecule has 0 unspecified atom stereocenters. The van der Waals surface area contributed by atoms with E-state index in [1.54, 1.807) is 12.3 Å². The summed E-state index contributed by atoms with van der Waals surface area (Å²) >= 11 is 0. The predicted octanol–water partition coefficient (Wildman–Crippen LogP) is 2.82. The van der Waals surface area contributed by atoms with Crippen LogP contribution in [0.15, 0.2) is 35.0 Å². The second kappa shape index (κ2) is 6.89. The Labute approximate surface area is 129 Å². The third kappa shape index (κ3) is 3.72. The maximum Gasteiger partial charge on any atom is 0.254 e. The zero-order valence-corrected chi connectivity index (χ0v) is 13.1. The number of ketones is 1. The van der Waals surface area contributed by atoms with Crippen molar-refractivity contribution in [3.63, 3.8) is 0 Å². The Balaban J connectivity index is 2.05. The van der Waals surface area contributed by atoms with Gasteiger partial charge in [-0.25, -0.2) is 4.98 Å². The summed E-state index contributed by atoms with van der Waals surface area (Å²) in [4.78, 5) is 18.4. The number of methoxy groups -OCH3 is 1. The molecular formula is C16H19N3O3. The lowest BCUT2D eigenvalue weighted by atomic mass is 10.2. The smallest absolute Gasteiger partial charge is 0.254 e. The number of hydrogen-bond donors (Lipinski definition) is 0. The average molecular weight is 301 g/mol. The molecule has 2 aromatic heterocycles. The van der Waals surface area contributed by atoms with Crippen molar-refractivity contribution >= 4 is 17.7 Å². The number of allylic oxidation sites excluding steroid dienone is 1. The molecule has 0 radical (unpaired) electrons. The first-order chi connectivity index (χ1) is 10.5. The van der Waals surface area contributed by atoms with E-state index < -0.39 is 0 Å². The van der Waals surface area contributed by atoms with E-state index in [1.807, 2.05) is 19.2 Å². The molecule has 0 aliphatic rings. The van der Waals surface area contributed by atoms with Gasteiger partial charge >= 0.3 is 0 Å². The van der Waals surface area contributed by atoms with Gasteiger partial charge in [0.1, 0.15) is 5.82 Å². The lowest BCUT2D eigenvalue weighted by molar-refractivity contribution is 0.101. The molecule has 22 heavy (non-hydrogen) atoms. The fourth-order valence-electron chi connectivity index (χ4n) is 1.69. The van der Waals surface area contributed by atoms with Gasteiger partial charge in [-0.15, -0.1) is 0 Å². The lowest BCUT2D eigenvalue weighted by Crippen LogP contribution is -2.26. The highest BCUT2D eigenvalue weighted by molar-refractivity contribution is 6.04. The lowest BCUT2D eigenvalue weighted by Gasteiger charge is -2.22. The van der Waals surface area contributed by atoms with Crippen LogP contribution in [0, 0.1) is 0 Å². The first-order valence-electron chi connectivity index (χ1n) is 6.93. The average Bonchev–Trinajstić information content (AvgIpc) is 3.01. The van der Waals surface area contributed by atoms with Gasteiger partial charge in [-0.05, 0) is 48.9 Å². The third-order valence-corrected chi connectivity index (χ3v) is 3.27. The summed E-state index contributed by atoms with van der Waals surface area (Å²) in [5.74, 6) is 1.02. The van der Waals surface area contributed by atoms with E-state index in [0.717, 1.165) is 11.4 Å². The van der Waals surface area contributed by atoms with E-state index in [-0.39, 0.29) is 17.4 Å². The molecule has 6 heteroatoms. The molecule has 0 fully saturated rings. The summed E-state index contributed by atoms with van der Waals surface area (Å²) in [6.07, 6.45) is 4.82. The van der Waals surface area contributed by atoms with Gasteiger partial charge in [-0.3, -0.25) is 4.79 Å². The Hall–Kier alpha value is -2.63. The maximum atomic E-state index is 11.9. The molecule has 0 aliphatic heterocycles. The van der Waals surface area contributed by atoms with E-state index in [4.69, 9.17) is 9.26 Å². The van der Waals surface area contributed by atoms with E-state index in [2.05, 4.69) is 28.9 Å². The minimum absolute atomic E-state index is 0.136. The number of nitrogens with zero attached hydrogens (tertiary/aromatic N) is 3. The van der Waals surface area contributed by atoms with Gasteiger partial charge < -0.3 is 14.2 Å². The number of ether oxygens (including phenoxy) is 1. The van der Waals surface area contributed by atoms with Crippen LogP contribution < -0.4 is 9.64 Å². The van der Waals surface area contributed by atoms with E-state index >= 15 is 0 Å². The maximum absolute atomic E-state index is 11.9. The first-order valence-corrected chi connectivity index (χ1v) is 6.93. The molecule has 0 N–H and O–H groups in total. The molecule has 116 valence electrons. The number of carbonyl (C=O) groups excluding carboxylic acids is 1. The van der Waals surface area contributed by atoms with Gasteiger partial charge in [0.05, 0.1) is 13.2 Å². The van der Waals surface area contributed by atoms with Crippen LogP contribution in [-0.4, -0.2) is 36.1 Å². The van der Waals surface area contributed by atoms with Crippen LogP contribution in [0.4, 0.5) is 5.82 Å². The number of aromatic nitrogens is 2. The monoisotopic (exact) mass is 301 g/mol. The number of rotatable bonds is 6. The topological polar surface area (TPSA) is 68.5 Å². The SMILES string of the molecule is COc1cc(C(=O)/C=C/c2ccc(N(C)C(C)C)nc2)on1. The van der Waals surface area contributed by atoms with Crippen LogP contribution in [-0.2, 0) is 0 Å². The molecule has 2 rings (SSSR count). The Kier molecular flexibility index (Phi) is 4.93. The van der Waals surface area contributed by atoms with Crippen molar-refractivity contribution in [2.45, 2.75) is 19.9 Å². The Morgan fingerprint density at radius 1 is 1.41 bits per heavy atom. The molecule has 0 saturated carbocycles. The molecule has 0 atom stereocenters. The molecule has 0 spiro atoms. The Morgan fingerprint density at radius 3 is 2.73 bits per heavy atom. The number of pyridine rings is 1. The normalized spacial score (nSPS) is 11.1. The minimum Gasteiger partial charge on any atom is -0.479 e. The largest absolute Gasteiger partial charge is 0.479 e. The second-order valence-electron chi connectivity index (χ2n) is 5.09. The molecule has 0 amide bonds. The molecule has 0 bridgehead atoms. The van der Waals surface area contributed by atoms with Crippen LogP contribution >= 0.6 is 0 Å². The van der Waals surface area contributed by atoms with Crippen molar-refractivity contribution in [1.82, 2.24) is 10.1 Å². The van der Waals surface area contributed by atoms with Crippen LogP contribution in [0.5, 0.6) is 5.88 Å². The number of hydrogen-bond acceptors (Lipinski definition) is 6. The quantitative estimate of drug-likeness (QED) is 0.603. The number of carbonyl (C=O) groups is 1. The molecule has 2 aromatic rings. The van der Waals surface area contributed by atoms with Crippen molar-refractivity contribution in [3.05, 3.63) is 41.8 Å². The summed E-state index contributed by atoms with van der Waals surface area (Å²) in [5, 5.41) is 3.59. The minimum atomic E-state index is -0.279. The standard InChI is InChI=1S/C16H19N3O3/c1-11(2)19(3)15-8-6-12(10-17-15)5-7-13(20)14-9-16(21-4)18-22-14/h5-11H,1-4H3/b7-5+. The second-order valence-corrected chi connectivity index (χ2v) is 5.09. The van der Waals surface area contributed by atoms with Crippen molar-refractivity contribution in [3.8, 4) is 5.88 Å². The molecule has 0 aromatic carbocycles. The number of anilines is 1. The molecule has 2 heterocycles. The van der Waals surface area contributed by atoms with E-state index in [0.29, 0.717) is 6.04 Å². The highest BCUT2D eigenvalue weighted by Gasteiger charge is 2.10. The van der Waals surface area contributed by atoms with Gasteiger partial charge in [-0.1, -0.05) is 0 Å². The van der Waals surface area contributed by atoms with Crippen LogP contribution in [0.1, 0.15) is 30.0 Å². The highest BCUT2D eigenvalue weighted by Crippen LogP contribution is 2.14. The van der Waals surface area contributed by atoms with Crippen molar-refractivity contribution in [2.24, 2.45) is 0 Å². The van der Waals surface area contributed by atoms with Crippen molar-refractivity contribution < 1.29 is 14.1 Å². The summed E-state index contributed by atoms with van der Waals surface area (Å²) in [6.45, 7) is 4.19. The fourth-order valence-corrected chi connectivity index (χ4v) is 1.69. The van der Waals surface area contributed by atoms with Gasteiger partial charge in [0, 0.05) is 19.3 Å². The zero-order chi connectivity index (χ0) is 16.1. The zero-order valence-electron chi connectivity index (χ0n) is 13.1. The van der Waals surface area contributed by atoms with Gasteiger partial charge in [0.15, 0.2) is 0 Å². The highest BCUT2D eigenvalue weighted by atomic mass is 16.5. The Morgan fingerprint density at radius 2 is 2.18 bits per heavy atom. The van der Waals surface area contributed by atoms with Gasteiger partial charge in [0.2, 0.25) is 11.5 Å². The molecular weight excluding hydrogens is 282 g/mol. The van der Waals surface area contributed by atoms with Crippen molar-refractivity contribution in [2.75, 3.05) is 19.1 Å². The molecule has 0 aliphatic carbocycles. The summed E-state index contributed by atoms with van der Waals surface area (Å²) in [5.41, 5.74) is 0.834. The van der Waals surface area contributed by atoms with Gasteiger partial charge in [-0.2, -0.15) is 0 Å². The van der Waals surface area contributed by atoms with Crippen LogP contribution in [0.2, 0.25) is 0 Å². The molecule has 6 nitrogen and oxygen atoms in total. The van der Waals surface area contributed by atoms with Crippen LogP contribution in [0.25, 0.3) is 6.08 Å². The first kappa shape index (κ1) is 15.8. The Bertz CT molecular complexity index is 660. The fraction of sp³-hybridized carbons (Fsp3) is 0.312. The van der Waals surface area contributed by atoms with Crippen LogP contribution in [0.3, 0.4) is 0 Å². The summed E-state index contributed by atoms with van der Waals surface area (Å²) in [6, 6.07) is 5.65. The summed E-state index contributed by atoms with van der Waals surface area (Å²) < 4.78 is 9.75. The van der Waals surface area contributed by atoms with Crippen molar-refractivity contribution in [1.29, 1.82) is 0 Å². The molecule has 0 saturated heterocycles. The van der Waals surface area contributed by atoms with E-state index in [9.17, 15) is 4.79 Å². The predicted molar refractivity (Wildman–Crippen MR) is 84.2 cm³/mol. The van der Waals surface area contributed by atoms with Gasteiger partial charge in [0.25, 0.3) is 5.88 Å². The summed E-state index contributed by atoms with van der Waals surface area (Å²) in [7, 11) is 3.45. The third-order valence-electron chi connectivity index (χ3n) is 3.27. The van der Waals surface area contributed by atoms with E-state index in [1.165, 1.54) is 19.3 Å².